The Hall–Kier alpha value is -0.490. The zero-order valence-electron chi connectivity index (χ0n) is 12.7. The molecule has 0 nitrogen and oxygen atoms in total. The summed E-state index contributed by atoms with van der Waals surface area (Å²) in [5.74, 6) is 1.83. The number of hydrogen-bond acceptors (Lipinski definition) is 0. The summed E-state index contributed by atoms with van der Waals surface area (Å²) in [4.78, 5) is 0. The summed E-state index contributed by atoms with van der Waals surface area (Å²) in [6.07, 6.45) is 5.32. The highest BCUT2D eigenvalue weighted by molar-refractivity contribution is 6.21. The third-order valence-electron chi connectivity index (χ3n) is 4.51. The highest BCUT2D eigenvalue weighted by Crippen LogP contribution is 2.42. The first-order chi connectivity index (χ1) is 9.00. The summed E-state index contributed by atoms with van der Waals surface area (Å²) in [6, 6.07) is 6.95. The molecule has 1 heteroatoms. The van der Waals surface area contributed by atoms with E-state index in [1.165, 1.54) is 42.4 Å². The van der Waals surface area contributed by atoms with Gasteiger partial charge in [-0.05, 0) is 47.3 Å². The monoisotopic (exact) mass is 278 g/mol. The highest BCUT2D eigenvalue weighted by Gasteiger charge is 2.26. The van der Waals surface area contributed by atoms with Gasteiger partial charge in [0.25, 0.3) is 0 Å². The summed E-state index contributed by atoms with van der Waals surface area (Å²) < 4.78 is 0. The van der Waals surface area contributed by atoms with E-state index in [1.807, 2.05) is 0 Å². The van der Waals surface area contributed by atoms with Gasteiger partial charge in [-0.2, -0.15) is 0 Å². The molecule has 19 heavy (non-hydrogen) atoms. The minimum Gasteiger partial charge on any atom is -0.118 e. The number of hydrogen-bond donors (Lipinski definition) is 0. The molecule has 0 bridgehead atoms. The van der Waals surface area contributed by atoms with Gasteiger partial charge in [0.15, 0.2) is 0 Å². The van der Waals surface area contributed by atoms with E-state index in [0.29, 0.717) is 17.8 Å². The molecule has 0 saturated heterocycles. The predicted molar refractivity (Wildman–Crippen MR) is 85.2 cm³/mol. The zero-order valence-corrected chi connectivity index (χ0v) is 13.5. The molecule has 0 heterocycles. The van der Waals surface area contributed by atoms with Crippen LogP contribution in [0.15, 0.2) is 18.2 Å². The normalized spacial score (nSPS) is 18.5. The lowest BCUT2D eigenvalue weighted by molar-refractivity contribution is 0.524. The Bertz CT molecular complexity index is 414. The molecule has 0 radical (unpaired) electrons. The SMILES string of the molecule is CC(C)c1ccc(C(Cl)C2CCCC2)c(C(C)C)c1. The average Bonchev–Trinajstić information content (AvgIpc) is 2.90. The van der Waals surface area contributed by atoms with E-state index in [-0.39, 0.29) is 5.38 Å². The Morgan fingerprint density at radius 1 is 0.947 bits per heavy atom. The lowest BCUT2D eigenvalue weighted by Crippen LogP contribution is -2.08. The molecule has 1 aliphatic carbocycles. The van der Waals surface area contributed by atoms with Gasteiger partial charge >= 0.3 is 0 Å². The maximum absolute atomic E-state index is 6.79. The number of alkyl halides is 1. The molecule has 1 fully saturated rings. The van der Waals surface area contributed by atoms with Crippen molar-refractivity contribution in [1.82, 2.24) is 0 Å². The van der Waals surface area contributed by atoms with E-state index < -0.39 is 0 Å². The average molecular weight is 279 g/mol. The number of halogens is 1. The van der Waals surface area contributed by atoms with Gasteiger partial charge < -0.3 is 0 Å². The fourth-order valence-electron chi connectivity index (χ4n) is 3.21. The van der Waals surface area contributed by atoms with E-state index in [1.54, 1.807) is 0 Å². The van der Waals surface area contributed by atoms with Crippen LogP contribution >= 0.6 is 11.6 Å². The van der Waals surface area contributed by atoms with Crippen LogP contribution in [-0.2, 0) is 0 Å². The van der Waals surface area contributed by atoms with Crippen LogP contribution in [0.25, 0.3) is 0 Å². The smallest absolute Gasteiger partial charge is 0.0616 e. The molecule has 0 N–H and O–H groups in total. The van der Waals surface area contributed by atoms with E-state index in [0.717, 1.165) is 0 Å². The summed E-state index contributed by atoms with van der Waals surface area (Å²) in [5.41, 5.74) is 4.27. The van der Waals surface area contributed by atoms with E-state index in [9.17, 15) is 0 Å². The lowest BCUT2D eigenvalue weighted by Gasteiger charge is -2.23. The Morgan fingerprint density at radius 2 is 1.58 bits per heavy atom. The van der Waals surface area contributed by atoms with Gasteiger partial charge in [0.05, 0.1) is 5.38 Å². The van der Waals surface area contributed by atoms with Crippen molar-refractivity contribution in [2.75, 3.05) is 0 Å². The molecule has 1 saturated carbocycles. The fourth-order valence-corrected chi connectivity index (χ4v) is 3.66. The number of rotatable bonds is 4. The van der Waals surface area contributed by atoms with Crippen molar-refractivity contribution in [1.29, 1.82) is 0 Å². The predicted octanol–water partition coefficient (Wildman–Crippen LogP) is 6.40. The van der Waals surface area contributed by atoms with Crippen molar-refractivity contribution in [3.05, 3.63) is 34.9 Å². The second-order valence-electron chi connectivity index (χ2n) is 6.64. The van der Waals surface area contributed by atoms with Gasteiger partial charge in [-0.3, -0.25) is 0 Å². The van der Waals surface area contributed by atoms with Crippen LogP contribution in [0.3, 0.4) is 0 Å². The lowest BCUT2D eigenvalue weighted by atomic mass is 9.86. The maximum atomic E-state index is 6.79. The third kappa shape index (κ3) is 3.34. The first-order valence-electron chi connectivity index (χ1n) is 7.78. The van der Waals surface area contributed by atoms with Crippen LogP contribution in [0.5, 0.6) is 0 Å². The molecule has 1 unspecified atom stereocenters. The van der Waals surface area contributed by atoms with E-state index in [2.05, 4.69) is 45.9 Å². The Morgan fingerprint density at radius 3 is 2.11 bits per heavy atom. The molecule has 0 amide bonds. The molecule has 0 aromatic heterocycles. The number of benzene rings is 1. The second-order valence-corrected chi connectivity index (χ2v) is 7.11. The van der Waals surface area contributed by atoms with Crippen LogP contribution in [0, 0.1) is 5.92 Å². The molecular weight excluding hydrogens is 252 g/mol. The van der Waals surface area contributed by atoms with Crippen molar-refractivity contribution >= 4 is 11.6 Å². The van der Waals surface area contributed by atoms with Crippen LogP contribution in [0.1, 0.15) is 87.3 Å². The molecule has 1 aromatic carbocycles. The van der Waals surface area contributed by atoms with Gasteiger partial charge in [-0.1, -0.05) is 58.7 Å². The summed E-state index contributed by atoms with van der Waals surface area (Å²) in [6.45, 7) is 9.07. The summed E-state index contributed by atoms with van der Waals surface area (Å²) in [7, 11) is 0. The van der Waals surface area contributed by atoms with Crippen LogP contribution in [0.2, 0.25) is 0 Å². The molecule has 2 rings (SSSR count). The topological polar surface area (TPSA) is 0 Å². The highest BCUT2D eigenvalue weighted by atomic mass is 35.5. The maximum Gasteiger partial charge on any atom is 0.0616 e. The second kappa shape index (κ2) is 6.31. The third-order valence-corrected chi connectivity index (χ3v) is 5.10. The Balaban J connectivity index is 2.32. The van der Waals surface area contributed by atoms with Crippen molar-refractivity contribution in [3.63, 3.8) is 0 Å². The van der Waals surface area contributed by atoms with Crippen molar-refractivity contribution in [3.8, 4) is 0 Å². The Labute approximate surface area is 123 Å². The van der Waals surface area contributed by atoms with E-state index in [4.69, 9.17) is 11.6 Å². The van der Waals surface area contributed by atoms with Gasteiger partial charge in [-0.25, -0.2) is 0 Å². The summed E-state index contributed by atoms with van der Waals surface area (Å²) >= 11 is 6.79. The summed E-state index contributed by atoms with van der Waals surface area (Å²) in [5, 5.41) is 0.209. The fraction of sp³-hybridized carbons (Fsp3) is 0.667. The zero-order chi connectivity index (χ0) is 14.0. The van der Waals surface area contributed by atoms with Gasteiger partial charge in [0.2, 0.25) is 0 Å². The Kier molecular flexibility index (Phi) is 4.95. The molecular formula is C18H27Cl. The van der Waals surface area contributed by atoms with Crippen molar-refractivity contribution in [2.24, 2.45) is 5.92 Å². The van der Waals surface area contributed by atoms with Gasteiger partial charge in [0, 0.05) is 0 Å². The largest absolute Gasteiger partial charge is 0.118 e. The first kappa shape index (κ1) is 14.9. The molecule has 1 aromatic rings. The van der Waals surface area contributed by atoms with Gasteiger partial charge in [-0.15, -0.1) is 11.6 Å². The molecule has 0 aliphatic heterocycles. The molecule has 106 valence electrons. The van der Waals surface area contributed by atoms with Crippen molar-refractivity contribution < 1.29 is 0 Å². The minimum atomic E-state index is 0.209. The van der Waals surface area contributed by atoms with Crippen molar-refractivity contribution in [2.45, 2.75) is 70.6 Å². The standard InChI is InChI=1S/C18H27Cl/c1-12(2)15-9-10-16(17(11-15)13(3)4)18(19)14-7-5-6-8-14/h9-14,18H,5-8H2,1-4H3. The minimum absolute atomic E-state index is 0.209. The quantitative estimate of drug-likeness (QED) is 0.559. The van der Waals surface area contributed by atoms with Crippen LogP contribution < -0.4 is 0 Å². The molecule has 0 spiro atoms. The molecule has 1 atom stereocenters. The first-order valence-corrected chi connectivity index (χ1v) is 8.22. The van der Waals surface area contributed by atoms with Gasteiger partial charge in [0.1, 0.15) is 0 Å². The van der Waals surface area contributed by atoms with Crippen LogP contribution in [-0.4, -0.2) is 0 Å². The molecule has 1 aliphatic rings. The van der Waals surface area contributed by atoms with Crippen LogP contribution in [0.4, 0.5) is 0 Å². The van der Waals surface area contributed by atoms with E-state index >= 15 is 0 Å².